The van der Waals surface area contributed by atoms with Crippen molar-refractivity contribution in [1.82, 2.24) is 15.5 Å². The summed E-state index contributed by atoms with van der Waals surface area (Å²) in [6.45, 7) is 7.45. The lowest BCUT2D eigenvalue weighted by atomic mass is 10.00. The molecule has 1 aromatic heterocycles. The van der Waals surface area contributed by atoms with E-state index in [1.807, 2.05) is 0 Å². The fraction of sp³-hybridized carbons (Fsp3) is 0.750. The van der Waals surface area contributed by atoms with Gasteiger partial charge < -0.3 is 5.32 Å². The minimum Gasteiger partial charge on any atom is -0.307 e. The van der Waals surface area contributed by atoms with Crippen molar-refractivity contribution in [3.05, 3.63) is 17.0 Å². The summed E-state index contributed by atoms with van der Waals surface area (Å²) in [4.78, 5) is 0. The van der Waals surface area contributed by atoms with Crippen molar-refractivity contribution < 1.29 is 0 Å². The van der Waals surface area contributed by atoms with E-state index in [1.54, 1.807) is 0 Å². The van der Waals surface area contributed by atoms with Crippen LogP contribution in [-0.4, -0.2) is 15.7 Å². The van der Waals surface area contributed by atoms with E-state index in [1.165, 1.54) is 36.9 Å². The minimum atomic E-state index is 0.357. The van der Waals surface area contributed by atoms with Crippen LogP contribution in [0.3, 0.4) is 0 Å². The predicted octanol–water partition coefficient (Wildman–Crippen LogP) is 2.45. The largest absolute Gasteiger partial charge is 0.307 e. The Morgan fingerprint density at radius 3 is 2.53 bits per heavy atom. The maximum atomic E-state index is 4.22. The van der Waals surface area contributed by atoms with Crippen LogP contribution in [0.25, 0.3) is 0 Å². The molecule has 1 saturated carbocycles. The van der Waals surface area contributed by atoms with Crippen LogP contribution in [0.5, 0.6) is 0 Å². The highest BCUT2D eigenvalue weighted by molar-refractivity contribution is 5.23. The van der Waals surface area contributed by atoms with Gasteiger partial charge in [-0.25, -0.2) is 0 Å². The van der Waals surface area contributed by atoms with Gasteiger partial charge in [-0.1, -0.05) is 12.8 Å². The van der Waals surface area contributed by atoms with Crippen LogP contribution in [0.2, 0.25) is 0 Å². The molecule has 3 heteroatoms. The molecule has 1 aliphatic carbocycles. The molecule has 1 fully saturated rings. The maximum Gasteiger partial charge on any atom is 0.0638 e. The van der Waals surface area contributed by atoms with Gasteiger partial charge in [0.05, 0.1) is 5.69 Å². The number of H-pyrrole nitrogens is 1. The SMILES string of the molecule is Cc1n[nH]c(C)c1CNC1(C)CCCC1. The Morgan fingerprint density at radius 1 is 1.33 bits per heavy atom. The average molecular weight is 207 g/mol. The van der Waals surface area contributed by atoms with E-state index in [4.69, 9.17) is 0 Å². The first-order valence-electron chi connectivity index (χ1n) is 5.86. The number of nitrogens with one attached hydrogen (secondary N) is 2. The van der Waals surface area contributed by atoms with Crippen LogP contribution in [-0.2, 0) is 6.54 Å². The molecule has 0 aliphatic heterocycles. The second-order valence-electron chi connectivity index (χ2n) is 5.03. The van der Waals surface area contributed by atoms with Crippen LogP contribution in [0.15, 0.2) is 0 Å². The number of nitrogens with zero attached hydrogens (tertiary/aromatic N) is 1. The van der Waals surface area contributed by atoms with Gasteiger partial charge in [0.2, 0.25) is 0 Å². The normalized spacial score (nSPS) is 19.7. The maximum absolute atomic E-state index is 4.22. The van der Waals surface area contributed by atoms with Gasteiger partial charge in [-0.2, -0.15) is 5.10 Å². The Morgan fingerprint density at radius 2 is 2.00 bits per heavy atom. The Balaban J connectivity index is 1.98. The third-order valence-electron chi connectivity index (χ3n) is 3.68. The van der Waals surface area contributed by atoms with E-state index in [0.29, 0.717) is 5.54 Å². The first-order chi connectivity index (χ1) is 7.11. The number of aromatic nitrogens is 2. The highest BCUT2D eigenvalue weighted by Crippen LogP contribution is 2.29. The standard InChI is InChI=1S/C12H21N3/c1-9-11(10(2)15-14-9)8-13-12(3)6-4-5-7-12/h13H,4-8H2,1-3H3,(H,14,15). The van der Waals surface area contributed by atoms with Crippen molar-refractivity contribution in [2.45, 2.75) is 58.5 Å². The molecule has 0 unspecified atom stereocenters. The van der Waals surface area contributed by atoms with Gasteiger partial charge in [-0.3, -0.25) is 5.10 Å². The second kappa shape index (κ2) is 3.97. The van der Waals surface area contributed by atoms with Crippen LogP contribution in [0, 0.1) is 13.8 Å². The molecule has 1 aliphatic rings. The van der Waals surface area contributed by atoms with E-state index < -0.39 is 0 Å². The zero-order valence-electron chi connectivity index (χ0n) is 9.98. The van der Waals surface area contributed by atoms with Gasteiger partial charge in [0.25, 0.3) is 0 Å². The third-order valence-corrected chi connectivity index (χ3v) is 3.68. The van der Waals surface area contributed by atoms with E-state index in [2.05, 4.69) is 36.3 Å². The van der Waals surface area contributed by atoms with Crippen LogP contribution in [0.1, 0.15) is 49.6 Å². The Kier molecular flexibility index (Phi) is 2.83. The van der Waals surface area contributed by atoms with Crippen molar-refractivity contribution >= 4 is 0 Å². The van der Waals surface area contributed by atoms with Crippen molar-refractivity contribution in [1.29, 1.82) is 0 Å². The van der Waals surface area contributed by atoms with Gasteiger partial charge in [0, 0.05) is 23.3 Å². The van der Waals surface area contributed by atoms with Gasteiger partial charge in [-0.15, -0.1) is 0 Å². The van der Waals surface area contributed by atoms with Crippen molar-refractivity contribution in [2.24, 2.45) is 0 Å². The molecule has 0 saturated heterocycles. The Hall–Kier alpha value is -0.830. The molecule has 3 nitrogen and oxygen atoms in total. The first kappa shape index (κ1) is 10.7. The molecule has 1 aromatic rings. The van der Waals surface area contributed by atoms with Gasteiger partial charge >= 0.3 is 0 Å². The van der Waals surface area contributed by atoms with E-state index in [0.717, 1.165) is 12.2 Å². The monoisotopic (exact) mass is 207 g/mol. The van der Waals surface area contributed by atoms with Crippen LogP contribution < -0.4 is 5.32 Å². The molecule has 0 amide bonds. The molecule has 2 rings (SSSR count). The second-order valence-corrected chi connectivity index (χ2v) is 5.03. The highest BCUT2D eigenvalue weighted by atomic mass is 15.1. The van der Waals surface area contributed by atoms with Crippen LogP contribution in [0.4, 0.5) is 0 Å². The van der Waals surface area contributed by atoms with E-state index >= 15 is 0 Å². The van der Waals surface area contributed by atoms with E-state index in [-0.39, 0.29) is 0 Å². The number of hydrogen-bond donors (Lipinski definition) is 2. The van der Waals surface area contributed by atoms with Gasteiger partial charge in [0.15, 0.2) is 0 Å². The lowest BCUT2D eigenvalue weighted by molar-refractivity contribution is 0.362. The van der Waals surface area contributed by atoms with E-state index in [9.17, 15) is 0 Å². The molecule has 84 valence electrons. The molecule has 0 atom stereocenters. The lowest BCUT2D eigenvalue weighted by Crippen LogP contribution is -2.39. The molecule has 15 heavy (non-hydrogen) atoms. The fourth-order valence-corrected chi connectivity index (χ4v) is 2.47. The Labute approximate surface area is 91.7 Å². The third kappa shape index (κ3) is 2.23. The Bertz CT molecular complexity index is 315. The molecule has 1 heterocycles. The average Bonchev–Trinajstić information content (AvgIpc) is 2.74. The first-order valence-corrected chi connectivity index (χ1v) is 5.86. The molecule has 0 aromatic carbocycles. The summed E-state index contributed by atoms with van der Waals surface area (Å²) in [5, 5.41) is 10.9. The predicted molar refractivity (Wildman–Crippen MR) is 61.8 cm³/mol. The summed E-state index contributed by atoms with van der Waals surface area (Å²) in [5.41, 5.74) is 4.02. The van der Waals surface area contributed by atoms with Crippen molar-refractivity contribution in [3.63, 3.8) is 0 Å². The smallest absolute Gasteiger partial charge is 0.0638 e. The highest BCUT2D eigenvalue weighted by Gasteiger charge is 2.28. The molecule has 0 bridgehead atoms. The summed E-state index contributed by atoms with van der Waals surface area (Å²) in [6.07, 6.45) is 5.35. The van der Waals surface area contributed by atoms with Crippen molar-refractivity contribution in [3.8, 4) is 0 Å². The fourth-order valence-electron chi connectivity index (χ4n) is 2.47. The summed E-state index contributed by atoms with van der Waals surface area (Å²) in [7, 11) is 0. The minimum absolute atomic E-state index is 0.357. The molecule has 0 spiro atoms. The zero-order valence-corrected chi connectivity index (χ0v) is 9.98. The summed E-state index contributed by atoms with van der Waals surface area (Å²) in [6, 6.07) is 0. The molecular weight excluding hydrogens is 186 g/mol. The quantitative estimate of drug-likeness (QED) is 0.799. The zero-order chi connectivity index (χ0) is 10.9. The topological polar surface area (TPSA) is 40.7 Å². The number of aromatic amines is 1. The number of aryl methyl sites for hydroxylation is 2. The van der Waals surface area contributed by atoms with Crippen molar-refractivity contribution in [2.75, 3.05) is 0 Å². The summed E-state index contributed by atoms with van der Waals surface area (Å²) < 4.78 is 0. The molecule has 2 N–H and O–H groups in total. The summed E-state index contributed by atoms with van der Waals surface area (Å²) in [5.74, 6) is 0. The van der Waals surface area contributed by atoms with Gasteiger partial charge in [-0.05, 0) is 33.6 Å². The molecular formula is C12H21N3. The van der Waals surface area contributed by atoms with Crippen LogP contribution >= 0.6 is 0 Å². The molecule has 0 radical (unpaired) electrons. The number of rotatable bonds is 3. The number of hydrogen-bond acceptors (Lipinski definition) is 2. The lowest BCUT2D eigenvalue weighted by Gasteiger charge is -2.25. The van der Waals surface area contributed by atoms with Gasteiger partial charge in [0.1, 0.15) is 0 Å². The summed E-state index contributed by atoms with van der Waals surface area (Å²) >= 11 is 0.